The molecule has 0 aliphatic rings. The Hall–Kier alpha value is -5.33. The van der Waals surface area contributed by atoms with Gasteiger partial charge in [0.25, 0.3) is 0 Å². The van der Waals surface area contributed by atoms with Crippen LogP contribution in [0.25, 0.3) is 87.2 Å². The standard InChI is InChI=1S/2C20H10Cl2N2O5S.Ni/c2*21-8-1-2-10-13(3-8)23-14-7-12-15(6-11(14)19(10)25)24-16-4-9(22)5-17(30(27,28)29)18(16)20(12)26;/h2*1-7H,(H,23,25)(H,24,26)(H,27,28,29);/q;;+2/p-2. The van der Waals surface area contributed by atoms with Gasteiger partial charge in [-0.25, -0.2) is 16.8 Å². The zero-order valence-electron chi connectivity index (χ0n) is 29.8. The van der Waals surface area contributed by atoms with Crippen molar-refractivity contribution in [3.8, 4) is 0 Å². The monoisotopic (exact) mass is 976 g/mol. The Kier molecular flexibility index (Phi) is 10.4. The summed E-state index contributed by atoms with van der Waals surface area (Å²) in [6, 6.07) is 20.1. The Balaban J connectivity index is 0.000000166. The van der Waals surface area contributed by atoms with Gasteiger partial charge in [0.2, 0.25) is 0 Å². The van der Waals surface area contributed by atoms with Crippen LogP contribution in [0.3, 0.4) is 0 Å². The van der Waals surface area contributed by atoms with E-state index in [-0.39, 0.29) is 70.0 Å². The smallest absolute Gasteiger partial charge is 0.744 e. The maximum Gasteiger partial charge on any atom is 2.00 e. The number of aromatic amines is 4. The number of H-pyrrole nitrogens is 4. The van der Waals surface area contributed by atoms with Crippen molar-refractivity contribution in [2.45, 2.75) is 9.79 Å². The van der Waals surface area contributed by atoms with E-state index in [0.29, 0.717) is 64.7 Å². The molecule has 61 heavy (non-hydrogen) atoms. The van der Waals surface area contributed by atoms with Crippen molar-refractivity contribution in [2.24, 2.45) is 0 Å². The van der Waals surface area contributed by atoms with Gasteiger partial charge < -0.3 is 29.0 Å². The molecule has 0 bridgehead atoms. The molecule has 0 unspecified atom stereocenters. The molecule has 0 saturated heterocycles. The molecule has 4 heterocycles. The first-order valence-electron chi connectivity index (χ1n) is 17.1. The zero-order valence-corrected chi connectivity index (χ0v) is 35.5. The van der Waals surface area contributed by atoms with Crippen molar-refractivity contribution < 1.29 is 42.4 Å². The molecule has 0 aliphatic carbocycles. The van der Waals surface area contributed by atoms with Crippen molar-refractivity contribution in [1.29, 1.82) is 0 Å². The van der Waals surface area contributed by atoms with Crippen LogP contribution in [0.2, 0.25) is 20.1 Å². The van der Waals surface area contributed by atoms with Crippen molar-refractivity contribution >= 4 is 154 Å². The van der Waals surface area contributed by atoms with Gasteiger partial charge in [-0.2, -0.15) is 0 Å². The van der Waals surface area contributed by atoms with Crippen LogP contribution >= 0.6 is 46.4 Å². The van der Waals surface area contributed by atoms with E-state index in [9.17, 15) is 45.1 Å². The fourth-order valence-electron chi connectivity index (χ4n) is 7.36. The molecule has 10 aromatic rings. The number of aromatic nitrogens is 4. The molecule has 308 valence electrons. The molecule has 6 aromatic carbocycles. The molecule has 0 aliphatic heterocycles. The van der Waals surface area contributed by atoms with Crippen LogP contribution in [0.5, 0.6) is 0 Å². The van der Waals surface area contributed by atoms with Crippen LogP contribution in [0.4, 0.5) is 0 Å². The minimum absolute atomic E-state index is 0. The van der Waals surface area contributed by atoms with E-state index < -0.39 is 40.9 Å². The van der Waals surface area contributed by atoms with Gasteiger partial charge >= 0.3 is 16.5 Å². The molecule has 4 aromatic heterocycles. The van der Waals surface area contributed by atoms with Gasteiger partial charge in [0.15, 0.2) is 21.7 Å². The van der Waals surface area contributed by atoms with Crippen LogP contribution in [0.15, 0.2) is 114 Å². The summed E-state index contributed by atoms with van der Waals surface area (Å²) in [5.74, 6) is 0. The first-order chi connectivity index (χ1) is 28.3. The van der Waals surface area contributed by atoms with E-state index in [1.807, 2.05) is 0 Å². The number of halogens is 4. The number of fused-ring (bicyclic) bond motifs is 8. The number of hydrogen-bond acceptors (Lipinski definition) is 10. The second kappa shape index (κ2) is 14.9. The molecular weight excluding hydrogens is 961 g/mol. The summed E-state index contributed by atoms with van der Waals surface area (Å²) in [6.45, 7) is 0. The van der Waals surface area contributed by atoms with E-state index >= 15 is 0 Å². The Labute approximate surface area is 369 Å². The predicted molar refractivity (Wildman–Crippen MR) is 231 cm³/mol. The molecular formula is C40H18Cl4N4NiO10S2. The summed E-state index contributed by atoms with van der Waals surface area (Å²) < 4.78 is 70.2. The van der Waals surface area contributed by atoms with Gasteiger partial charge in [-0.05, 0) is 84.9 Å². The average molecular weight is 979 g/mol. The molecule has 0 fully saturated rings. The molecule has 14 nitrogen and oxygen atoms in total. The third-order valence-corrected chi connectivity index (χ3v) is 12.6. The molecule has 0 amide bonds. The molecule has 10 rings (SSSR count). The molecule has 4 N–H and O–H groups in total. The molecule has 21 heteroatoms. The molecule has 0 radical (unpaired) electrons. The molecule has 0 atom stereocenters. The average Bonchev–Trinajstić information content (AvgIpc) is 3.16. The third kappa shape index (κ3) is 7.25. The number of hydrogen-bond donors (Lipinski definition) is 4. The van der Waals surface area contributed by atoms with Crippen LogP contribution in [0, 0.1) is 0 Å². The largest absolute Gasteiger partial charge is 2.00 e. The van der Waals surface area contributed by atoms with Crippen LogP contribution in [0.1, 0.15) is 0 Å². The van der Waals surface area contributed by atoms with E-state index in [2.05, 4.69) is 19.9 Å². The number of benzene rings is 6. The van der Waals surface area contributed by atoms with Gasteiger partial charge in [0, 0.05) is 52.4 Å². The summed E-state index contributed by atoms with van der Waals surface area (Å²) in [7, 11) is -9.91. The molecule has 0 spiro atoms. The van der Waals surface area contributed by atoms with Crippen molar-refractivity contribution in [1.82, 2.24) is 19.9 Å². The zero-order chi connectivity index (χ0) is 42.7. The summed E-state index contributed by atoms with van der Waals surface area (Å²) in [5, 5.41) is 1.99. The fourth-order valence-corrected chi connectivity index (χ4v) is 9.72. The summed E-state index contributed by atoms with van der Waals surface area (Å²) in [5.41, 5.74) is 0.635. The van der Waals surface area contributed by atoms with Gasteiger partial charge in [-0.15, -0.1) is 0 Å². The van der Waals surface area contributed by atoms with E-state index in [4.69, 9.17) is 46.4 Å². The number of pyridine rings is 4. The first-order valence-corrected chi connectivity index (χ1v) is 21.4. The Morgan fingerprint density at radius 2 is 0.639 bits per heavy atom. The first kappa shape index (κ1) is 42.4. The SMILES string of the molecule is O=c1c2ccc(Cl)cc2[nH]c2cc3c(=O)c4c(S(=O)(=O)[O-])cc(Cl)cc4[nH]c3cc12.O=c1c2ccc(Cl)cc2[nH]c2cc3c(=O)c4c(S(=O)(=O)[O-])cc(Cl)cc4[nH]c3cc12.[Ni+2]. The minimum Gasteiger partial charge on any atom is -0.744 e. The summed E-state index contributed by atoms with van der Waals surface area (Å²) >= 11 is 23.9. The fraction of sp³-hybridized carbons (Fsp3) is 0. The van der Waals surface area contributed by atoms with Crippen molar-refractivity contribution in [3.63, 3.8) is 0 Å². The number of nitrogens with one attached hydrogen (secondary N) is 4. The molecule has 0 saturated carbocycles. The van der Waals surface area contributed by atoms with Crippen LogP contribution in [-0.4, -0.2) is 45.9 Å². The van der Waals surface area contributed by atoms with Gasteiger partial charge in [-0.1, -0.05) is 46.4 Å². The Bertz CT molecular complexity index is 3850. The summed E-state index contributed by atoms with van der Waals surface area (Å²) in [4.78, 5) is 62.7. The van der Waals surface area contributed by atoms with Crippen molar-refractivity contribution in [2.75, 3.05) is 0 Å². The minimum atomic E-state index is -4.95. The van der Waals surface area contributed by atoms with Gasteiger partial charge in [0.1, 0.15) is 20.2 Å². The van der Waals surface area contributed by atoms with Gasteiger partial charge in [-0.3, -0.25) is 19.2 Å². The Morgan fingerprint density at radius 3 is 0.967 bits per heavy atom. The maximum atomic E-state index is 13.1. The quantitative estimate of drug-likeness (QED) is 0.0744. The third-order valence-electron chi connectivity index (χ3n) is 9.95. The Morgan fingerprint density at radius 1 is 0.361 bits per heavy atom. The second-order valence-corrected chi connectivity index (χ2v) is 18.1. The van der Waals surface area contributed by atoms with Crippen LogP contribution < -0.4 is 21.7 Å². The van der Waals surface area contributed by atoms with Gasteiger partial charge in [0.05, 0.1) is 64.7 Å². The van der Waals surface area contributed by atoms with E-state index in [1.165, 1.54) is 36.4 Å². The van der Waals surface area contributed by atoms with E-state index in [1.54, 1.807) is 36.4 Å². The topological polar surface area (TPSA) is 246 Å². The van der Waals surface area contributed by atoms with Crippen LogP contribution in [-0.2, 0) is 36.7 Å². The van der Waals surface area contributed by atoms with Crippen molar-refractivity contribution in [3.05, 3.63) is 146 Å². The number of rotatable bonds is 2. The van der Waals surface area contributed by atoms with E-state index in [0.717, 1.165) is 12.1 Å². The second-order valence-electron chi connectivity index (χ2n) is 13.6. The normalized spacial score (nSPS) is 12.2. The summed E-state index contributed by atoms with van der Waals surface area (Å²) in [6.07, 6.45) is 0. The maximum absolute atomic E-state index is 13.1. The predicted octanol–water partition coefficient (Wildman–Crippen LogP) is 7.77.